The van der Waals surface area contributed by atoms with Crippen molar-refractivity contribution in [3.8, 4) is 0 Å². The molecule has 1 atom stereocenters. The van der Waals surface area contributed by atoms with Crippen LogP contribution < -0.4 is 5.73 Å². The van der Waals surface area contributed by atoms with E-state index in [0.717, 1.165) is 26.1 Å². The van der Waals surface area contributed by atoms with Gasteiger partial charge in [-0.2, -0.15) is 0 Å². The van der Waals surface area contributed by atoms with E-state index in [1.165, 1.54) is 31.7 Å². The molecule has 1 unspecified atom stereocenters. The third kappa shape index (κ3) is 4.04. The molecule has 1 fully saturated rings. The number of benzene rings is 1. The lowest BCUT2D eigenvalue weighted by Gasteiger charge is -2.41. The van der Waals surface area contributed by atoms with Crippen molar-refractivity contribution in [3.05, 3.63) is 35.6 Å². The zero-order chi connectivity index (χ0) is 15.3. The molecule has 1 aliphatic heterocycles. The maximum atomic E-state index is 13.7. The Bertz CT molecular complexity index is 433. The Balaban J connectivity index is 1.81. The average molecular weight is 292 g/mol. The Hall–Kier alpha value is -0.930. The SMILES string of the molecule is CCC1(CC)CCN(CCC(N)c2ccccc2F)CC1. The van der Waals surface area contributed by atoms with Gasteiger partial charge in [-0.1, -0.05) is 44.9 Å². The predicted octanol–water partition coefficient (Wildman–Crippen LogP) is 4.12. The van der Waals surface area contributed by atoms with Gasteiger partial charge in [-0.25, -0.2) is 4.39 Å². The molecule has 0 radical (unpaired) electrons. The van der Waals surface area contributed by atoms with Gasteiger partial charge in [0, 0.05) is 11.6 Å². The maximum absolute atomic E-state index is 13.7. The van der Waals surface area contributed by atoms with Gasteiger partial charge in [0.2, 0.25) is 0 Å². The van der Waals surface area contributed by atoms with Gasteiger partial charge in [0.05, 0.1) is 0 Å². The molecule has 0 spiro atoms. The molecule has 21 heavy (non-hydrogen) atoms. The Morgan fingerprint density at radius 3 is 2.38 bits per heavy atom. The predicted molar refractivity (Wildman–Crippen MR) is 86.6 cm³/mol. The van der Waals surface area contributed by atoms with Crippen LogP contribution in [0.2, 0.25) is 0 Å². The van der Waals surface area contributed by atoms with Crippen molar-refractivity contribution in [1.82, 2.24) is 4.90 Å². The van der Waals surface area contributed by atoms with Crippen LogP contribution in [0, 0.1) is 11.2 Å². The van der Waals surface area contributed by atoms with Crippen LogP contribution in [0.25, 0.3) is 0 Å². The third-order valence-electron chi connectivity index (χ3n) is 5.48. The fraction of sp³-hybridized carbons (Fsp3) is 0.667. The summed E-state index contributed by atoms with van der Waals surface area (Å²) >= 11 is 0. The summed E-state index contributed by atoms with van der Waals surface area (Å²) in [5, 5.41) is 0. The molecule has 118 valence electrons. The zero-order valence-corrected chi connectivity index (χ0v) is 13.4. The number of halogens is 1. The van der Waals surface area contributed by atoms with E-state index < -0.39 is 0 Å². The quantitative estimate of drug-likeness (QED) is 0.854. The fourth-order valence-electron chi connectivity index (χ4n) is 3.46. The first kappa shape index (κ1) is 16.4. The highest BCUT2D eigenvalue weighted by molar-refractivity contribution is 5.20. The number of nitrogens with zero attached hydrogens (tertiary/aromatic N) is 1. The first-order valence-corrected chi connectivity index (χ1v) is 8.32. The molecule has 0 aliphatic carbocycles. The van der Waals surface area contributed by atoms with Crippen LogP contribution in [0.5, 0.6) is 0 Å². The average Bonchev–Trinajstić information content (AvgIpc) is 2.53. The maximum Gasteiger partial charge on any atom is 0.127 e. The topological polar surface area (TPSA) is 29.3 Å². The lowest BCUT2D eigenvalue weighted by molar-refractivity contribution is 0.0934. The van der Waals surface area contributed by atoms with Gasteiger partial charge in [0.15, 0.2) is 0 Å². The van der Waals surface area contributed by atoms with E-state index in [4.69, 9.17) is 5.73 Å². The van der Waals surface area contributed by atoms with Crippen LogP contribution in [-0.2, 0) is 0 Å². The summed E-state index contributed by atoms with van der Waals surface area (Å²) < 4.78 is 13.7. The van der Waals surface area contributed by atoms with Crippen molar-refractivity contribution in [2.45, 2.75) is 52.0 Å². The second kappa shape index (κ2) is 7.37. The van der Waals surface area contributed by atoms with Crippen molar-refractivity contribution in [2.75, 3.05) is 19.6 Å². The van der Waals surface area contributed by atoms with Crippen LogP contribution in [-0.4, -0.2) is 24.5 Å². The van der Waals surface area contributed by atoms with Gasteiger partial charge >= 0.3 is 0 Å². The van der Waals surface area contributed by atoms with Crippen molar-refractivity contribution < 1.29 is 4.39 Å². The molecule has 0 amide bonds. The van der Waals surface area contributed by atoms with Crippen molar-refractivity contribution in [3.63, 3.8) is 0 Å². The molecule has 0 saturated carbocycles. The third-order valence-corrected chi connectivity index (χ3v) is 5.48. The van der Waals surface area contributed by atoms with Crippen molar-refractivity contribution in [1.29, 1.82) is 0 Å². The van der Waals surface area contributed by atoms with Crippen molar-refractivity contribution in [2.24, 2.45) is 11.1 Å². The van der Waals surface area contributed by atoms with E-state index in [0.29, 0.717) is 11.0 Å². The van der Waals surface area contributed by atoms with E-state index in [1.54, 1.807) is 12.1 Å². The summed E-state index contributed by atoms with van der Waals surface area (Å²) in [6.07, 6.45) is 5.97. The lowest BCUT2D eigenvalue weighted by atomic mass is 9.74. The van der Waals surface area contributed by atoms with E-state index >= 15 is 0 Å². The molecule has 1 heterocycles. The summed E-state index contributed by atoms with van der Waals surface area (Å²) in [7, 11) is 0. The molecule has 2 rings (SSSR count). The number of piperidine rings is 1. The van der Waals surface area contributed by atoms with Gasteiger partial charge in [0.1, 0.15) is 5.82 Å². The second-order valence-corrected chi connectivity index (χ2v) is 6.47. The first-order valence-electron chi connectivity index (χ1n) is 8.32. The molecule has 0 aromatic heterocycles. The minimum Gasteiger partial charge on any atom is -0.324 e. The molecule has 1 aromatic carbocycles. The Morgan fingerprint density at radius 1 is 1.19 bits per heavy atom. The smallest absolute Gasteiger partial charge is 0.127 e. The van der Waals surface area contributed by atoms with E-state index in [2.05, 4.69) is 18.7 Å². The van der Waals surface area contributed by atoms with E-state index in [9.17, 15) is 4.39 Å². The molecule has 0 bridgehead atoms. The Morgan fingerprint density at radius 2 is 1.81 bits per heavy atom. The molecule has 1 aromatic rings. The van der Waals surface area contributed by atoms with Gasteiger partial charge in [-0.05, 0) is 50.4 Å². The summed E-state index contributed by atoms with van der Waals surface area (Å²) in [6, 6.07) is 6.67. The molecule has 1 saturated heterocycles. The summed E-state index contributed by atoms with van der Waals surface area (Å²) in [6.45, 7) is 7.91. The van der Waals surface area contributed by atoms with E-state index in [1.807, 2.05) is 6.07 Å². The number of hydrogen-bond donors (Lipinski definition) is 1. The minimum atomic E-state index is -0.199. The standard InChI is InChI=1S/C18H29FN2/c1-3-18(4-2)10-13-21(14-11-18)12-9-17(20)15-7-5-6-8-16(15)19/h5-8,17H,3-4,9-14,20H2,1-2H3. The van der Waals surface area contributed by atoms with E-state index in [-0.39, 0.29) is 11.9 Å². The number of hydrogen-bond acceptors (Lipinski definition) is 2. The normalized spacial score (nSPS) is 20.4. The number of nitrogens with two attached hydrogens (primary N) is 1. The van der Waals surface area contributed by atoms with Gasteiger partial charge in [-0.3, -0.25) is 0 Å². The molecule has 3 heteroatoms. The molecular weight excluding hydrogens is 263 g/mol. The van der Waals surface area contributed by atoms with Crippen molar-refractivity contribution >= 4 is 0 Å². The van der Waals surface area contributed by atoms with Crippen LogP contribution in [0.15, 0.2) is 24.3 Å². The van der Waals surface area contributed by atoms with Crippen LogP contribution in [0.3, 0.4) is 0 Å². The lowest BCUT2D eigenvalue weighted by Crippen LogP contribution is -2.40. The van der Waals surface area contributed by atoms with Crippen LogP contribution in [0.4, 0.5) is 4.39 Å². The highest BCUT2D eigenvalue weighted by atomic mass is 19.1. The molecule has 1 aliphatic rings. The molecular formula is C18H29FN2. The van der Waals surface area contributed by atoms with Gasteiger partial charge in [0.25, 0.3) is 0 Å². The first-order chi connectivity index (χ1) is 10.1. The summed E-state index contributed by atoms with van der Waals surface area (Å²) in [5.41, 5.74) is 7.36. The highest BCUT2D eigenvalue weighted by Crippen LogP contribution is 2.38. The highest BCUT2D eigenvalue weighted by Gasteiger charge is 2.31. The largest absolute Gasteiger partial charge is 0.324 e. The second-order valence-electron chi connectivity index (χ2n) is 6.47. The van der Waals surface area contributed by atoms with Gasteiger partial charge in [-0.15, -0.1) is 0 Å². The Labute approximate surface area is 128 Å². The molecule has 2 nitrogen and oxygen atoms in total. The fourth-order valence-corrected chi connectivity index (χ4v) is 3.46. The molecule has 2 N–H and O–H groups in total. The monoisotopic (exact) mass is 292 g/mol. The van der Waals surface area contributed by atoms with Gasteiger partial charge < -0.3 is 10.6 Å². The summed E-state index contributed by atoms with van der Waals surface area (Å²) in [4.78, 5) is 2.49. The Kier molecular flexibility index (Phi) is 5.77. The number of rotatable bonds is 6. The van der Waals surface area contributed by atoms with Crippen LogP contribution >= 0.6 is 0 Å². The van der Waals surface area contributed by atoms with Crippen LogP contribution in [0.1, 0.15) is 57.6 Å². The number of likely N-dealkylation sites (tertiary alicyclic amines) is 1. The zero-order valence-electron chi connectivity index (χ0n) is 13.4. The summed E-state index contributed by atoms with van der Waals surface area (Å²) in [5.74, 6) is -0.181. The minimum absolute atomic E-state index is 0.181.